The van der Waals surface area contributed by atoms with Crippen molar-refractivity contribution >= 4 is 57.6 Å². The average molecular weight is 1140 g/mol. The molecular weight excluding hydrogens is 1050 g/mol. The third kappa shape index (κ3) is 25.9. The smallest absolute Gasteiger partial charge is 0.0517 e. The summed E-state index contributed by atoms with van der Waals surface area (Å²) in [6, 6.07) is 1.25. The summed E-state index contributed by atoms with van der Waals surface area (Å²) in [5, 5.41) is 43.8. The quantitative estimate of drug-likeness (QED) is 0.0534. The van der Waals surface area contributed by atoms with Crippen LogP contribution < -0.4 is 10.6 Å². The predicted octanol–water partition coefficient (Wildman–Crippen LogP) is 14.2. The van der Waals surface area contributed by atoms with Crippen molar-refractivity contribution in [2.45, 2.75) is 204 Å². The van der Waals surface area contributed by atoms with Crippen molar-refractivity contribution in [2.24, 2.45) is 43.6 Å². The molecule has 8 rings (SSSR count). The van der Waals surface area contributed by atoms with Gasteiger partial charge in [-0.3, -0.25) is 20.0 Å². The second-order valence-corrected chi connectivity index (χ2v) is 21.6. The van der Waals surface area contributed by atoms with Crippen LogP contribution in [0.2, 0.25) is 0 Å². The van der Waals surface area contributed by atoms with Gasteiger partial charge >= 0.3 is 0 Å². The predicted molar refractivity (Wildman–Crippen MR) is 316 cm³/mol. The van der Waals surface area contributed by atoms with Crippen LogP contribution in [0.1, 0.15) is 186 Å². The van der Waals surface area contributed by atoms with Crippen LogP contribution in [0.3, 0.4) is 0 Å². The van der Waals surface area contributed by atoms with Crippen molar-refractivity contribution < 1.29 is 33.0 Å². The summed E-state index contributed by atoms with van der Waals surface area (Å²) in [6.07, 6.45) is 44.9. The first kappa shape index (κ1) is 66.6. The van der Waals surface area contributed by atoms with Crippen molar-refractivity contribution in [3.63, 3.8) is 0 Å². The molecule has 2 N–H and O–H groups in total. The molecule has 0 aromatic heterocycles. The molecule has 4 saturated carbocycles. The van der Waals surface area contributed by atoms with Gasteiger partial charge in [-0.2, -0.15) is 10.3 Å². The zero-order chi connectivity index (χ0) is 50.5. The van der Waals surface area contributed by atoms with Crippen molar-refractivity contribution in [2.75, 3.05) is 78.5 Å². The Hall–Kier alpha value is -1.65. The van der Waals surface area contributed by atoms with Gasteiger partial charge in [-0.1, -0.05) is 190 Å². The molecule has 4 aliphatic carbocycles. The second-order valence-electron chi connectivity index (χ2n) is 21.3. The van der Waals surface area contributed by atoms with Crippen LogP contribution in [0.15, 0.2) is 43.9 Å². The molecule has 0 aromatic carbocycles. The molecule has 0 radical (unpaired) electrons. The van der Waals surface area contributed by atoms with E-state index in [0.29, 0.717) is 41.8 Å². The maximum atomic E-state index is 7.13. The van der Waals surface area contributed by atoms with Crippen LogP contribution in [-0.4, -0.2) is 130 Å². The molecule has 74 heavy (non-hydrogen) atoms. The number of aliphatic imine (C=N–C) groups is 4. The Labute approximate surface area is 480 Å². The van der Waals surface area contributed by atoms with Gasteiger partial charge in [-0.05, 0) is 92.2 Å². The summed E-state index contributed by atoms with van der Waals surface area (Å²) in [5.74, 6) is 2.69. The number of isothiocyanates is 2. The zero-order valence-corrected chi connectivity index (χ0v) is 48.8. The Morgan fingerprint density at radius 1 is 0.459 bits per heavy atom. The summed E-state index contributed by atoms with van der Waals surface area (Å²) in [6.45, 7) is 11.2. The van der Waals surface area contributed by atoms with Crippen molar-refractivity contribution in [1.29, 1.82) is 0 Å². The minimum absolute atomic E-state index is 0. The number of hydrogen-bond donors (Lipinski definition) is 2. The molecule has 4 aliphatic heterocycles. The van der Waals surface area contributed by atoms with E-state index in [1.54, 1.807) is 0 Å². The van der Waals surface area contributed by atoms with Gasteiger partial charge in [-0.25, -0.2) is 0 Å². The van der Waals surface area contributed by atoms with Gasteiger partial charge in [0.2, 0.25) is 0 Å². The maximum absolute atomic E-state index is 7.13. The van der Waals surface area contributed by atoms with Gasteiger partial charge in [-0.15, -0.1) is 38.0 Å². The van der Waals surface area contributed by atoms with Crippen molar-refractivity contribution in [3.8, 4) is 0 Å². The molecule has 424 valence electrons. The van der Waals surface area contributed by atoms with Crippen molar-refractivity contribution in [3.05, 3.63) is 56.0 Å². The summed E-state index contributed by atoms with van der Waals surface area (Å²) in [7, 11) is 0. The summed E-state index contributed by atoms with van der Waals surface area (Å²) < 4.78 is 0. The van der Waals surface area contributed by atoms with Crippen molar-refractivity contribution in [1.82, 2.24) is 10.6 Å². The maximum Gasteiger partial charge on any atom is 0.0517 e. The topological polar surface area (TPSA) is 175 Å². The fourth-order valence-corrected chi connectivity index (χ4v) is 12.5. The van der Waals surface area contributed by atoms with Gasteiger partial charge in [0.1, 0.15) is 0 Å². The first-order valence-corrected chi connectivity index (χ1v) is 30.1. The third-order valence-corrected chi connectivity index (χ3v) is 16.1. The fourth-order valence-electron chi connectivity index (χ4n) is 12.5. The molecular formula is C58H94N12Ni2S2-6. The van der Waals surface area contributed by atoms with Gasteiger partial charge in [0.05, 0.1) is 26.2 Å². The molecule has 0 bridgehead atoms. The number of nitrogens with one attached hydrogen (secondary N) is 2. The average Bonchev–Trinajstić information content (AvgIpc) is 3.45. The Kier molecular flexibility index (Phi) is 38.9. The molecule has 12 nitrogen and oxygen atoms in total. The van der Waals surface area contributed by atoms with Crippen LogP contribution >= 0.6 is 24.4 Å². The third-order valence-electron chi connectivity index (χ3n) is 16.1. The molecule has 3 saturated heterocycles. The number of hydrogen-bond acceptors (Lipinski definition) is 8. The van der Waals surface area contributed by atoms with E-state index in [9.17, 15) is 0 Å². The summed E-state index contributed by atoms with van der Waals surface area (Å²) in [5.41, 5.74) is 6.73. The number of nitrogens with zero attached hydrogens (tertiary/aromatic N) is 10. The van der Waals surface area contributed by atoms with E-state index in [-0.39, 0.29) is 33.0 Å². The standard InChI is InChI=1S/C28H49N5.C28H45N5.2CNS.2Ni/c2*1-3-11-23(12-4-1)27(25-15-7-9-17-30-25)32-21-19-29-20-22-33-28(24-13-5-2-6-14-24)26-16-8-10-18-31-26;2*2-1-3;;/h23-26,29H,1-22H2;7,9,15,23-24,26,29H,1-6,8,10-14,16-22H2;;;;/q2*-2;2*-1;;. The number of allylic oxidation sites excluding steroid dienone is 3. The normalized spacial score (nSPS) is 25.0. The van der Waals surface area contributed by atoms with E-state index in [4.69, 9.17) is 52.1 Å². The molecule has 8 aliphatic rings. The molecule has 16 heteroatoms. The van der Waals surface area contributed by atoms with E-state index >= 15 is 0 Å². The first-order valence-electron chi connectivity index (χ1n) is 29.3. The molecule has 7 fully saturated rings. The SMILES string of the molecule is C1=CC[N-]C(C(=NCCNCCN=C(C2CCCCC2)C2CCCC[N-]2)C2CCCCC2)=C1.C1CCC(C(=NCCNCCN=C(C2CCCCC2)C2CCCC[N-]2)C2CCCC[N-]2)CC1.[N-]=C=S.[N-]=C=S.[Ni].[Ni]. The van der Waals surface area contributed by atoms with Crippen LogP contribution in [0.5, 0.6) is 0 Å². The fraction of sp³-hybridized carbons (Fsp3) is 0.828. The second kappa shape index (κ2) is 43.3. The molecule has 4 heterocycles. The van der Waals surface area contributed by atoms with Gasteiger partial charge in [0.15, 0.2) is 0 Å². The monoisotopic (exact) mass is 1140 g/mol. The Morgan fingerprint density at radius 3 is 1.07 bits per heavy atom. The molecule has 3 atom stereocenters. The van der Waals surface area contributed by atoms with Crippen LogP contribution in [-0.2, 0) is 33.0 Å². The summed E-state index contributed by atoms with van der Waals surface area (Å²) >= 11 is 7.40. The Balaban J connectivity index is 0.000000344. The minimum Gasteiger partial charge on any atom is -0.753 e. The molecule has 3 unspecified atom stereocenters. The van der Waals surface area contributed by atoms with E-state index in [2.05, 4.69) is 53.3 Å². The zero-order valence-electron chi connectivity index (χ0n) is 45.2. The Morgan fingerprint density at radius 2 is 0.770 bits per heavy atom. The number of piperidine rings is 3. The van der Waals surface area contributed by atoms with E-state index in [1.165, 1.54) is 219 Å². The largest absolute Gasteiger partial charge is 0.753 e. The summed E-state index contributed by atoms with van der Waals surface area (Å²) in [4.78, 5) is 20.5. The Bertz CT molecular complexity index is 1590. The van der Waals surface area contributed by atoms with E-state index < -0.39 is 0 Å². The van der Waals surface area contributed by atoms with Gasteiger partial charge in [0.25, 0.3) is 0 Å². The van der Waals surface area contributed by atoms with Gasteiger partial charge < -0.3 is 42.7 Å². The van der Waals surface area contributed by atoms with E-state index in [0.717, 1.165) is 84.2 Å². The number of rotatable bonds is 20. The first-order chi connectivity index (χ1) is 35.7. The van der Waals surface area contributed by atoms with Crippen LogP contribution in [0, 0.1) is 23.7 Å². The molecule has 0 aromatic rings. The molecule has 0 amide bonds. The molecule has 0 spiro atoms. The van der Waals surface area contributed by atoms with Gasteiger partial charge in [0, 0.05) is 64.9 Å². The van der Waals surface area contributed by atoms with E-state index in [1.807, 2.05) is 0 Å². The van der Waals surface area contributed by atoms with Crippen LogP contribution in [0.4, 0.5) is 0 Å². The number of thiocarbonyl (C=S) groups is 2. The van der Waals surface area contributed by atoms with Crippen LogP contribution in [0.25, 0.3) is 32.1 Å². The minimum atomic E-state index is 0.